The van der Waals surface area contributed by atoms with E-state index in [1.807, 2.05) is 0 Å². The molecule has 24 heavy (non-hydrogen) atoms. The topological polar surface area (TPSA) is 175 Å². The number of aromatic nitrogens is 4. The molecule has 2 fully saturated rings. The third-order valence-electron chi connectivity index (χ3n) is 3.70. The Labute approximate surface area is 155 Å². The summed E-state index contributed by atoms with van der Waals surface area (Å²) in [6.45, 7) is -0.441. The average molecular weight is 368 g/mol. The van der Waals surface area contributed by atoms with Gasteiger partial charge in [0.2, 0.25) is 5.95 Å². The van der Waals surface area contributed by atoms with Crippen molar-refractivity contribution >= 4 is 54.5 Å². The maximum absolute atomic E-state index is 11.8. The molecule has 0 aromatic carbocycles. The SMILES string of the molecule is Nc1nc2c(ncn2[C@@H]2O[C@H](CO)[C@H]3OP(=O)(O)O[C@H]32)c(=O)[nH]1.[Na]. The molecule has 2 aliphatic heterocycles. The Kier molecular flexibility index (Phi) is 4.62. The van der Waals surface area contributed by atoms with E-state index in [0.29, 0.717) is 0 Å². The zero-order valence-electron chi connectivity index (χ0n) is 12.4. The molecule has 0 aliphatic carbocycles. The molecule has 5 atom stereocenters. The first-order valence-corrected chi connectivity index (χ1v) is 8.07. The van der Waals surface area contributed by atoms with Gasteiger partial charge in [0, 0.05) is 29.6 Å². The number of nitrogens with zero attached hydrogens (tertiary/aromatic N) is 3. The van der Waals surface area contributed by atoms with Gasteiger partial charge < -0.3 is 20.5 Å². The van der Waals surface area contributed by atoms with Crippen LogP contribution in [-0.2, 0) is 18.3 Å². The third-order valence-corrected chi connectivity index (χ3v) is 4.72. The molecule has 2 aromatic heterocycles. The fourth-order valence-corrected chi connectivity index (χ4v) is 3.92. The number of fused-ring (bicyclic) bond motifs is 2. The summed E-state index contributed by atoms with van der Waals surface area (Å²) in [6, 6.07) is 0. The molecule has 12 nitrogen and oxygen atoms in total. The van der Waals surface area contributed by atoms with Gasteiger partial charge in [0.15, 0.2) is 17.4 Å². The number of aromatic amines is 1. The number of phosphoric ester groups is 1. The second-order valence-corrected chi connectivity index (χ2v) is 6.49. The van der Waals surface area contributed by atoms with E-state index < -0.39 is 44.5 Å². The molecule has 0 amide bonds. The third kappa shape index (κ3) is 2.73. The van der Waals surface area contributed by atoms with E-state index in [9.17, 15) is 19.4 Å². The maximum atomic E-state index is 11.8. The number of imidazole rings is 1. The van der Waals surface area contributed by atoms with Crippen molar-refractivity contribution in [3.8, 4) is 0 Å². The normalized spacial score (nSPS) is 35.1. The minimum atomic E-state index is -4.23. The minimum absolute atomic E-state index is 0. The van der Waals surface area contributed by atoms with Crippen LogP contribution < -0.4 is 11.3 Å². The Morgan fingerprint density at radius 3 is 2.83 bits per heavy atom. The van der Waals surface area contributed by atoms with Gasteiger partial charge in [0.25, 0.3) is 5.56 Å². The molecule has 0 bridgehead atoms. The first-order valence-electron chi connectivity index (χ1n) is 6.58. The van der Waals surface area contributed by atoms with Crippen molar-refractivity contribution < 1.29 is 28.3 Å². The first-order chi connectivity index (χ1) is 10.9. The summed E-state index contributed by atoms with van der Waals surface area (Å²) >= 11 is 0. The van der Waals surface area contributed by atoms with Gasteiger partial charge in [-0.3, -0.25) is 23.4 Å². The van der Waals surface area contributed by atoms with Gasteiger partial charge in [-0.1, -0.05) is 0 Å². The number of hydrogen-bond acceptors (Lipinski definition) is 9. The molecule has 4 heterocycles. The largest absolute Gasteiger partial charge is 0.473 e. The number of H-pyrrole nitrogens is 1. The summed E-state index contributed by atoms with van der Waals surface area (Å²) in [5.74, 6) is -0.117. The van der Waals surface area contributed by atoms with Crippen LogP contribution in [0.4, 0.5) is 5.95 Å². The van der Waals surface area contributed by atoms with Crippen molar-refractivity contribution in [2.45, 2.75) is 24.5 Å². The Bertz CT molecular complexity index is 886. The van der Waals surface area contributed by atoms with Crippen LogP contribution in [0.25, 0.3) is 11.2 Å². The van der Waals surface area contributed by atoms with E-state index in [4.69, 9.17) is 19.5 Å². The number of aliphatic hydroxyl groups is 1. The second-order valence-electron chi connectivity index (χ2n) is 5.13. The van der Waals surface area contributed by atoms with E-state index in [1.54, 1.807) is 0 Å². The Hall–Kier alpha value is -0.820. The fraction of sp³-hybridized carbons (Fsp3) is 0.500. The van der Waals surface area contributed by atoms with Crippen LogP contribution >= 0.6 is 7.82 Å². The standard InChI is InChI=1S/C10H12N5O7P.Na/c11-10-13-7-4(8(17)14-10)12-2-15(7)9-6-5(3(1-16)20-9)21-23(18,19)22-6;/h2-3,5-6,9,16H,1H2,(H,18,19)(H3,11,13,14,17);/t3-,5-,6-,9-;/m1./s1. The molecule has 4 rings (SSSR count). The van der Waals surface area contributed by atoms with Crippen LogP contribution in [0.1, 0.15) is 6.23 Å². The molecule has 0 spiro atoms. The summed E-state index contributed by atoms with van der Waals surface area (Å²) < 4.78 is 28.5. The van der Waals surface area contributed by atoms with Crippen LogP contribution in [0.5, 0.6) is 0 Å². The van der Waals surface area contributed by atoms with Crippen LogP contribution in [-0.4, -0.2) is 84.0 Å². The molecule has 2 aliphatic rings. The van der Waals surface area contributed by atoms with Gasteiger partial charge in [0.05, 0.1) is 12.9 Å². The van der Waals surface area contributed by atoms with Gasteiger partial charge in [-0.15, -0.1) is 0 Å². The van der Waals surface area contributed by atoms with E-state index in [2.05, 4.69) is 15.0 Å². The molecule has 5 N–H and O–H groups in total. The Morgan fingerprint density at radius 2 is 2.12 bits per heavy atom. The van der Waals surface area contributed by atoms with Gasteiger partial charge in [0.1, 0.15) is 18.3 Å². The average Bonchev–Trinajstić information content (AvgIpc) is 3.09. The van der Waals surface area contributed by atoms with Crippen LogP contribution in [0, 0.1) is 0 Å². The minimum Gasteiger partial charge on any atom is -0.394 e. The summed E-state index contributed by atoms with van der Waals surface area (Å²) in [4.78, 5) is 31.5. The van der Waals surface area contributed by atoms with E-state index >= 15 is 0 Å². The number of nitrogens with one attached hydrogen (secondary N) is 1. The second kappa shape index (κ2) is 6.16. The number of ether oxygens (including phenoxy) is 1. The van der Waals surface area contributed by atoms with Gasteiger partial charge in [-0.05, 0) is 0 Å². The number of nitrogen functional groups attached to an aromatic ring is 1. The fourth-order valence-electron chi connectivity index (χ4n) is 2.78. The number of aliphatic hydroxyl groups excluding tert-OH is 1. The van der Waals surface area contributed by atoms with Crippen molar-refractivity contribution in [2.75, 3.05) is 12.3 Å². The molecule has 2 aromatic rings. The molecule has 125 valence electrons. The molecule has 1 unspecified atom stereocenters. The van der Waals surface area contributed by atoms with Crippen LogP contribution in [0.3, 0.4) is 0 Å². The van der Waals surface area contributed by atoms with E-state index in [-0.39, 0.29) is 46.7 Å². The zero-order valence-corrected chi connectivity index (χ0v) is 15.3. The zero-order chi connectivity index (χ0) is 16.4. The van der Waals surface area contributed by atoms with Crippen molar-refractivity contribution in [2.24, 2.45) is 0 Å². The summed E-state index contributed by atoms with van der Waals surface area (Å²) in [7, 11) is -4.23. The number of rotatable bonds is 2. The monoisotopic (exact) mass is 368 g/mol. The molecule has 2 saturated heterocycles. The number of anilines is 1. The van der Waals surface area contributed by atoms with Crippen molar-refractivity contribution in [3.63, 3.8) is 0 Å². The van der Waals surface area contributed by atoms with Gasteiger partial charge >= 0.3 is 7.82 Å². The van der Waals surface area contributed by atoms with E-state index in [0.717, 1.165) is 0 Å². The van der Waals surface area contributed by atoms with Crippen molar-refractivity contribution in [1.82, 2.24) is 19.5 Å². The number of phosphoric acid groups is 1. The number of hydrogen-bond donors (Lipinski definition) is 4. The first kappa shape index (κ1) is 18.0. The predicted molar refractivity (Wildman–Crippen MR) is 78.9 cm³/mol. The number of nitrogens with two attached hydrogens (primary N) is 1. The Balaban J connectivity index is 0.00000169. The van der Waals surface area contributed by atoms with Crippen LogP contribution in [0.2, 0.25) is 0 Å². The molecule has 1 radical (unpaired) electrons. The molecular formula is C10H12N5NaO7P. The summed E-state index contributed by atoms with van der Waals surface area (Å²) in [5.41, 5.74) is 5.14. The van der Waals surface area contributed by atoms with E-state index in [1.165, 1.54) is 10.9 Å². The summed E-state index contributed by atoms with van der Waals surface area (Å²) in [5, 5.41) is 9.35. The predicted octanol–water partition coefficient (Wildman–Crippen LogP) is -1.90. The van der Waals surface area contributed by atoms with Crippen LogP contribution in [0.15, 0.2) is 11.1 Å². The molecular weight excluding hydrogens is 356 g/mol. The van der Waals surface area contributed by atoms with Crippen molar-refractivity contribution in [1.29, 1.82) is 0 Å². The quantitative estimate of drug-likeness (QED) is 0.346. The maximum Gasteiger partial charge on any atom is 0.473 e. The van der Waals surface area contributed by atoms with Gasteiger partial charge in [-0.25, -0.2) is 9.55 Å². The summed E-state index contributed by atoms with van der Waals surface area (Å²) in [6.07, 6.45) is -2.46. The smallest absolute Gasteiger partial charge is 0.394 e. The van der Waals surface area contributed by atoms with Crippen molar-refractivity contribution in [3.05, 3.63) is 16.7 Å². The Morgan fingerprint density at radius 1 is 1.42 bits per heavy atom. The molecule has 0 saturated carbocycles. The van der Waals surface area contributed by atoms with Gasteiger partial charge in [-0.2, -0.15) is 4.98 Å². The molecule has 14 heteroatoms.